The summed E-state index contributed by atoms with van der Waals surface area (Å²) in [5.74, 6) is 1.22. The number of aliphatic imine (C=N–C) groups is 1. The van der Waals surface area contributed by atoms with Crippen molar-refractivity contribution < 1.29 is 14.3 Å². The number of fused-ring (bicyclic) bond motifs is 3. The van der Waals surface area contributed by atoms with Crippen molar-refractivity contribution in [1.82, 2.24) is 15.3 Å². The van der Waals surface area contributed by atoms with E-state index in [4.69, 9.17) is 11.6 Å². The van der Waals surface area contributed by atoms with Crippen molar-refractivity contribution in [3.8, 4) is 0 Å². The van der Waals surface area contributed by atoms with Gasteiger partial charge in [0, 0.05) is 43.0 Å². The predicted molar refractivity (Wildman–Crippen MR) is 133 cm³/mol. The van der Waals surface area contributed by atoms with E-state index in [-0.39, 0.29) is 17.3 Å². The summed E-state index contributed by atoms with van der Waals surface area (Å²) in [6.07, 6.45) is 2.81. The Morgan fingerprint density at radius 1 is 1.35 bits per heavy atom. The number of benzene rings is 1. The van der Waals surface area contributed by atoms with E-state index in [1.165, 1.54) is 6.07 Å². The normalized spacial score (nSPS) is 15.7. The molecule has 1 unspecified atom stereocenters. The molecule has 0 radical (unpaired) electrons. The fourth-order valence-corrected chi connectivity index (χ4v) is 3.89. The fourth-order valence-electron chi connectivity index (χ4n) is 3.64. The Bertz CT molecular complexity index is 1190. The Morgan fingerprint density at radius 3 is 2.82 bits per heavy atom. The maximum absolute atomic E-state index is 14.7. The molecule has 2 amide bonds. The molecule has 2 aromatic rings. The highest BCUT2D eigenvalue weighted by Gasteiger charge is 2.32. The average Bonchev–Trinajstić information content (AvgIpc) is 3.28. The van der Waals surface area contributed by atoms with Gasteiger partial charge in [0.15, 0.2) is 0 Å². The standard InChI is InChI=1S/C23H27ClFN7O2/c1-23(2,3)18(33)11-29-22(34)30-17-8-13(15(24)9-16(17)25)14-7-12-10-28-21(26-4)31-19(12)32-6-5-27-20(14)32/h7-10,18,33H,5-6,11H2,1-4H3,(H,26,28,31)(H2,29,30,34). The summed E-state index contributed by atoms with van der Waals surface area (Å²) in [7, 11) is 1.75. The molecule has 0 spiro atoms. The van der Waals surface area contributed by atoms with Gasteiger partial charge >= 0.3 is 6.03 Å². The minimum Gasteiger partial charge on any atom is -0.391 e. The number of carbonyl (C=O) groups excluding carboxylic acids is 1. The third-order valence-corrected chi connectivity index (χ3v) is 6.02. The maximum Gasteiger partial charge on any atom is 0.319 e. The molecule has 1 aromatic heterocycles. The van der Waals surface area contributed by atoms with Crippen LogP contribution in [0.4, 0.5) is 26.6 Å². The van der Waals surface area contributed by atoms with Crippen LogP contribution < -0.4 is 20.9 Å². The second-order valence-electron chi connectivity index (χ2n) is 9.17. The second kappa shape index (κ2) is 9.19. The second-order valence-corrected chi connectivity index (χ2v) is 9.57. The number of amides is 2. The van der Waals surface area contributed by atoms with Crippen LogP contribution in [0.3, 0.4) is 0 Å². The summed E-state index contributed by atoms with van der Waals surface area (Å²) in [5, 5.41) is 18.3. The highest BCUT2D eigenvalue weighted by atomic mass is 35.5. The van der Waals surface area contributed by atoms with Crippen LogP contribution in [0.25, 0.3) is 11.6 Å². The van der Waals surface area contributed by atoms with Crippen molar-refractivity contribution >= 4 is 52.6 Å². The Hall–Kier alpha value is -3.24. The highest BCUT2D eigenvalue weighted by Crippen LogP contribution is 2.39. The van der Waals surface area contributed by atoms with Gasteiger partial charge in [-0.05, 0) is 23.6 Å². The first-order valence-corrected chi connectivity index (χ1v) is 11.3. The van der Waals surface area contributed by atoms with E-state index in [0.29, 0.717) is 36.0 Å². The van der Waals surface area contributed by atoms with Gasteiger partial charge in [-0.3, -0.25) is 4.99 Å². The monoisotopic (exact) mass is 487 g/mol. The molecule has 0 saturated heterocycles. The average molecular weight is 488 g/mol. The molecule has 1 aromatic carbocycles. The lowest BCUT2D eigenvalue weighted by Gasteiger charge is -2.28. The molecule has 180 valence electrons. The first-order chi connectivity index (χ1) is 16.1. The molecule has 4 N–H and O–H groups in total. The number of halogens is 2. The Labute approximate surface area is 202 Å². The lowest BCUT2D eigenvalue weighted by atomic mass is 9.89. The van der Waals surface area contributed by atoms with E-state index < -0.39 is 23.4 Å². The number of anilines is 3. The number of nitrogens with zero attached hydrogens (tertiary/aromatic N) is 4. The molecule has 34 heavy (non-hydrogen) atoms. The van der Waals surface area contributed by atoms with E-state index in [2.05, 4.69) is 30.9 Å². The minimum absolute atomic E-state index is 0.0275. The van der Waals surface area contributed by atoms with Gasteiger partial charge in [-0.1, -0.05) is 32.4 Å². The van der Waals surface area contributed by atoms with Gasteiger partial charge in [-0.15, -0.1) is 0 Å². The SMILES string of the molecule is CNc1ncc2c(n1)N1CCN=C1C(c1cc(NC(=O)NCC(O)C(C)(C)C)c(F)cc1Cl)=C2. The number of carbonyl (C=O) groups is 1. The van der Waals surface area contributed by atoms with Crippen LogP contribution in [0.2, 0.25) is 5.02 Å². The van der Waals surface area contributed by atoms with Gasteiger partial charge in [-0.2, -0.15) is 4.98 Å². The molecule has 2 aliphatic rings. The molecule has 11 heteroatoms. The number of rotatable bonds is 5. The topological polar surface area (TPSA) is 115 Å². The van der Waals surface area contributed by atoms with Crippen molar-refractivity contribution in [2.75, 3.05) is 42.2 Å². The largest absolute Gasteiger partial charge is 0.391 e. The van der Waals surface area contributed by atoms with Crippen LogP contribution in [-0.4, -0.2) is 59.7 Å². The molecule has 4 rings (SSSR count). The summed E-state index contributed by atoms with van der Waals surface area (Å²) >= 11 is 6.43. The van der Waals surface area contributed by atoms with Crippen LogP contribution in [0.15, 0.2) is 23.3 Å². The van der Waals surface area contributed by atoms with Crippen molar-refractivity contribution in [3.63, 3.8) is 0 Å². The number of aliphatic hydroxyl groups excluding tert-OH is 1. The number of aliphatic hydroxyl groups is 1. The Balaban J connectivity index is 1.64. The molecule has 0 aliphatic carbocycles. The number of urea groups is 1. The highest BCUT2D eigenvalue weighted by molar-refractivity contribution is 6.40. The van der Waals surface area contributed by atoms with Crippen LogP contribution in [0.5, 0.6) is 0 Å². The Morgan fingerprint density at radius 2 is 2.12 bits per heavy atom. The molecule has 0 saturated carbocycles. The van der Waals surface area contributed by atoms with Crippen LogP contribution in [-0.2, 0) is 0 Å². The van der Waals surface area contributed by atoms with Crippen molar-refractivity contribution in [1.29, 1.82) is 0 Å². The molecule has 9 nitrogen and oxygen atoms in total. The lowest BCUT2D eigenvalue weighted by Crippen LogP contribution is -2.41. The van der Waals surface area contributed by atoms with E-state index in [1.807, 2.05) is 31.7 Å². The molecular weight excluding hydrogens is 461 g/mol. The number of amidine groups is 1. The third kappa shape index (κ3) is 4.69. The Kier molecular flexibility index (Phi) is 6.46. The van der Waals surface area contributed by atoms with Crippen molar-refractivity contribution in [3.05, 3.63) is 40.3 Å². The van der Waals surface area contributed by atoms with E-state index in [9.17, 15) is 14.3 Å². The molecule has 1 atom stereocenters. The summed E-state index contributed by atoms with van der Waals surface area (Å²) in [6, 6.07) is 2.01. The summed E-state index contributed by atoms with van der Waals surface area (Å²) in [6.45, 7) is 6.82. The predicted octanol–water partition coefficient (Wildman–Crippen LogP) is 3.61. The van der Waals surface area contributed by atoms with Gasteiger partial charge in [0.1, 0.15) is 17.5 Å². The van der Waals surface area contributed by atoms with Crippen molar-refractivity contribution in [2.45, 2.75) is 26.9 Å². The summed E-state index contributed by atoms with van der Waals surface area (Å²) in [5.41, 5.74) is 1.53. The number of hydrogen-bond acceptors (Lipinski definition) is 7. The summed E-state index contributed by atoms with van der Waals surface area (Å²) in [4.78, 5) is 27.8. The first-order valence-electron chi connectivity index (χ1n) is 10.9. The van der Waals surface area contributed by atoms with Gasteiger partial charge < -0.3 is 26.0 Å². The first kappa shape index (κ1) is 23.9. The van der Waals surface area contributed by atoms with Gasteiger partial charge in [0.2, 0.25) is 5.95 Å². The van der Waals surface area contributed by atoms with Crippen LogP contribution >= 0.6 is 11.6 Å². The van der Waals surface area contributed by atoms with E-state index >= 15 is 0 Å². The zero-order valence-corrected chi connectivity index (χ0v) is 20.2. The number of hydrogen-bond donors (Lipinski definition) is 4. The van der Waals surface area contributed by atoms with E-state index in [0.717, 1.165) is 17.4 Å². The van der Waals surface area contributed by atoms with Crippen LogP contribution in [0.1, 0.15) is 31.9 Å². The van der Waals surface area contributed by atoms with Gasteiger partial charge in [-0.25, -0.2) is 14.2 Å². The van der Waals surface area contributed by atoms with Crippen LogP contribution in [0, 0.1) is 11.2 Å². The third-order valence-electron chi connectivity index (χ3n) is 5.71. The van der Waals surface area contributed by atoms with Gasteiger partial charge in [0.25, 0.3) is 0 Å². The minimum atomic E-state index is -0.756. The van der Waals surface area contributed by atoms with Crippen molar-refractivity contribution in [2.24, 2.45) is 10.4 Å². The molecule has 3 heterocycles. The molecule has 2 aliphatic heterocycles. The lowest BCUT2D eigenvalue weighted by molar-refractivity contribution is 0.0654. The van der Waals surface area contributed by atoms with E-state index in [1.54, 1.807) is 13.2 Å². The molecule has 0 fully saturated rings. The quantitative estimate of drug-likeness (QED) is 0.512. The molecular formula is C23H27ClFN7O2. The zero-order valence-electron chi connectivity index (χ0n) is 19.4. The van der Waals surface area contributed by atoms with Gasteiger partial charge in [0.05, 0.1) is 23.4 Å². The number of aromatic nitrogens is 2. The molecule has 0 bridgehead atoms. The zero-order chi connectivity index (χ0) is 24.6. The fraction of sp³-hybridized carbons (Fsp3) is 0.391. The maximum atomic E-state index is 14.7. The smallest absolute Gasteiger partial charge is 0.319 e. The number of nitrogens with one attached hydrogen (secondary N) is 3. The summed E-state index contributed by atoms with van der Waals surface area (Å²) < 4.78 is 14.7.